The fraction of sp³-hybridized carbons (Fsp3) is 0.400. The Morgan fingerprint density at radius 1 is 1.47 bits per heavy atom. The summed E-state index contributed by atoms with van der Waals surface area (Å²) in [7, 11) is -2.53. The van der Waals surface area contributed by atoms with E-state index in [4.69, 9.17) is 5.11 Å². The van der Waals surface area contributed by atoms with Crippen LogP contribution >= 0.6 is 0 Å². The Morgan fingerprint density at radius 3 is 2.58 bits per heavy atom. The van der Waals surface area contributed by atoms with E-state index < -0.39 is 28.5 Å². The van der Waals surface area contributed by atoms with E-state index in [1.807, 2.05) is 4.72 Å². The molecule has 0 atom stereocenters. The number of esters is 1. The van der Waals surface area contributed by atoms with Gasteiger partial charge < -0.3 is 14.4 Å². The van der Waals surface area contributed by atoms with Crippen molar-refractivity contribution in [1.82, 2.24) is 9.29 Å². The number of carboxylic acid groups (broad SMARTS) is 1. The lowest BCUT2D eigenvalue weighted by molar-refractivity contribution is -0.141. The Hall–Kier alpha value is -1.87. The van der Waals surface area contributed by atoms with Crippen LogP contribution in [0.1, 0.15) is 17.4 Å². The first-order chi connectivity index (χ1) is 8.77. The van der Waals surface area contributed by atoms with Gasteiger partial charge in [-0.15, -0.1) is 0 Å². The first kappa shape index (κ1) is 15.2. The van der Waals surface area contributed by atoms with Crippen molar-refractivity contribution in [3.63, 3.8) is 0 Å². The molecule has 0 spiro atoms. The van der Waals surface area contributed by atoms with Crippen molar-refractivity contribution in [2.45, 2.75) is 11.8 Å². The summed E-state index contributed by atoms with van der Waals surface area (Å²) in [5.41, 5.74) is -0.170. The zero-order valence-corrected chi connectivity index (χ0v) is 11.2. The van der Waals surface area contributed by atoms with Crippen LogP contribution in [0.25, 0.3) is 0 Å². The molecule has 9 heteroatoms. The number of carbonyl (C=O) groups excluding carboxylic acids is 1. The number of carboxylic acids is 1. The van der Waals surface area contributed by atoms with Gasteiger partial charge in [0.1, 0.15) is 17.1 Å². The third-order valence-corrected chi connectivity index (χ3v) is 3.59. The molecule has 1 rings (SSSR count). The van der Waals surface area contributed by atoms with Crippen LogP contribution in [0.4, 0.5) is 0 Å². The maximum Gasteiger partial charge on any atom is 0.352 e. The van der Waals surface area contributed by atoms with E-state index >= 15 is 0 Å². The molecule has 0 saturated carbocycles. The SMILES string of the molecule is CCOC(=O)CNS(=O)(=O)c1cc(C(=O)O)n(C)c1. The molecular formula is C10H14N2O6S. The Labute approximate surface area is 110 Å². The maximum absolute atomic E-state index is 11.8. The number of sulfonamides is 1. The van der Waals surface area contributed by atoms with E-state index in [1.165, 1.54) is 11.6 Å². The first-order valence-electron chi connectivity index (χ1n) is 5.33. The van der Waals surface area contributed by atoms with Gasteiger partial charge in [-0.2, -0.15) is 4.72 Å². The zero-order chi connectivity index (χ0) is 14.6. The third-order valence-electron chi connectivity index (χ3n) is 2.22. The van der Waals surface area contributed by atoms with Gasteiger partial charge in [-0.3, -0.25) is 4.79 Å². The summed E-state index contributed by atoms with van der Waals surface area (Å²) in [5, 5.41) is 8.82. The van der Waals surface area contributed by atoms with Crippen LogP contribution in [-0.4, -0.2) is 43.2 Å². The standard InChI is InChI=1S/C10H14N2O6S/c1-3-18-9(13)5-11-19(16,17)7-4-8(10(14)15)12(2)6-7/h4,6,11H,3,5H2,1-2H3,(H,14,15). The molecule has 0 aliphatic carbocycles. The predicted molar refractivity (Wildman–Crippen MR) is 64.2 cm³/mol. The van der Waals surface area contributed by atoms with E-state index in [1.54, 1.807) is 6.92 Å². The van der Waals surface area contributed by atoms with Crippen LogP contribution in [0.2, 0.25) is 0 Å². The fourth-order valence-corrected chi connectivity index (χ4v) is 2.38. The Bertz CT molecular complexity index is 589. The number of hydrogen-bond donors (Lipinski definition) is 2. The molecule has 0 fully saturated rings. The second kappa shape index (κ2) is 5.85. The lowest BCUT2D eigenvalue weighted by Crippen LogP contribution is -2.30. The number of ether oxygens (including phenoxy) is 1. The summed E-state index contributed by atoms with van der Waals surface area (Å²) in [4.78, 5) is 21.6. The predicted octanol–water partition coefficient (Wildman–Crippen LogP) is -0.435. The molecule has 19 heavy (non-hydrogen) atoms. The van der Waals surface area contributed by atoms with Crippen molar-refractivity contribution in [1.29, 1.82) is 0 Å². The molecule has 2 N–H and O–H groups in total. The fourth-order valence-electron chi connectivity index (χ4n) is 1.34. The number of aromatic carboxylic acids is 1. The molecule has 1 aromatic heterocycles. The van der Waals surface area contributed by atoms with Crippen molar-refractivity contribution < 1.29 is 27.9 Å². The molecular weight excluding hydrogens is 276 g/mol. The lowest BCUT2D eigenvalue weighted by atomic mass is 10.4. The molecule has 0 bridgehead atoms. The molecule has 0 radical (unpaired) electrons. The van der Waals surface area contributed by atoms with Gasteiger partial charge in [0.05, 0.1) is 6.61 Å². The highest BCUT2D eigenvalue weighted by Gasteiger charge is 2.21. The molecule has 0 aromatic carbocycles. The second-order valence-electron chi connectivity index (χ2n) is 3.61. The minimum absolute atomic E-state index is 0.148. The van der Waals surface area contributed by atoms with Crippen LogP contribution < -0.4 is 4.72 Å². The van der Waals surface area contributed by atoms with Gasteiger partial charge in [0.15, 0.2) is 0 Å². The van der Waals surface area contributed by atoms with Crippen LogP contribution in [0, 0.1) is 0 Å². The van der Waals surface area contributed by atoms with Gasteiger partial charge >= 0.3 is 11.9 Å². The number of carbonyl (C=O) groups is 2. The molecule has 0 saturated heterocycles. The monoisotopic (exact) mass is 290 g/mol. The summed E-state index contributed by atoms with van der Waals surface area (Å²) in [6.07, 6.45) is 1.15. The normalized spacial score (nSPS) is 11.3. The van der Waals surface area contributed by atoms with Crippen molar-refractivity contribution in [3.05, 3.63) is 18.0 Å². The molecule has 106 valence electrons. The zero-order valence-electron chi connectivity index (χ0n) is 10.4. The average Bonchev–Trinajstić information content (AvgIpc) is 2.70. The van der Waals surface area contributed by atoms with Crippen LogP contribution in [0.5, 0.6) is 0 Å². The van der Waals surface area contributed by atoms with Gasteiger partial charge in [-0.25, -0.2) is 13.2 Å². The number of nitrogens with zero attached hydrogens (tertiary/aromatic N) is 1. The summed E-state index contributed by atoms with van der Waals surface area (Å²) < 4.78 is 31.4. The number of aryl methyl sites for hydroxylation is 1. The number of nitrogens with one attached hydrogen (secondary N) is 1. The smallest absolute Gasteiger partial charge is 0.352 e. The Morgan fingerprint density at radius 2 is 2.11 bits per heavy atom. The van der Waals surface area contributed by atoms with Crippen LogP contribution in [0.3, 0.4) is 0 Å². The van der Waals surface area contributed by atoms with E-state index in [-0.39, 0.29) is 17.2 Å². The van der Waals surface area contributed by atoms with Crippen molar-refractivity contribution in [3.8, 4) is 0 Å². The van der Waals surface area contributed by atoms with Crippen LogP contribution in [-0.2, 0) is 26.6 Å². The number of aromatic nitrogens is 1. The highest BCUT2D eigenvalue weighted by atomic mass is 32.2. The largest absolute Gasteiger partial charge is 0.477 e. The lowest BCUT2D eigenvalue weighted by Gasteiger charge is -2.04. The minimum atomic E-state index is -3.94. The topological polar surface area (TPSA) is 115 Å². The van der Waals surface area contributed by atoms with Gasteiger partial charge in [0.2, 0.25) is 10.0 Å². The molecule has 1 aromatic rings. The second-order valence-corrected chi connectivity index (χ2v) is 5.37. The molecule has 1 heterocycles. The molecule has 0 aliphatic heterocycles. The van der Waals surface area contributed by atoms with Gasteiger partial charge in [-0.1, -0.05) is 0 Å². The quantitative estimate of drug-likeness (QED) is 0.687. The van der Waals surface area contributed by atoms with E-state index in [9.17, 15) is 18.0 Å². The van der Waals surface area contributed by atoms with E-state index in [0.29, 0.717) is 0 Å². The number of rotatable bonds is 6. The number of hydrogen-bond acceptors (Lipinski definition) is 5. The summed E-state index contributed by atoms with van der Waals surface area (Å²) >= 11 is 0. The molecule has 8 nitrogen and oxygen atoms in total. The van der Waals surface area contributed by atoms with E-state index in [2.05, 4.69) is 4.74 Å². The minimum Gasteiger partial charge on any atom is -0.477 e. The molecule has 0 unspecified atom stereocenters. The van der Waals surface area contributed by atoms with Gasteiger partial charge in [0.25, 0.3) is 0 Å². The highest BCUT2D eigenvalue weighted by Crippen LogP contribution is 2.13. The van der Waals surface area contributed by atoms with Gasteiger partial charge in [0, 0.05) is 13.2 Å². The first-order valence-corrected chi connectivity index (χ1v) is 6.81. The average molecular weight is 290 g/mol. The third kappa shape index (κ3) is 3.80. The maximum atomic E-state index is 11.8. The van der Waals surface area contributed by atoms with Crippen molar-refractivity contribution in [2.75, 3.05) is 13.2 Å². The van der Waals surface area contributed by atoms with Crippen LogP contribution in [0.15, 0.2) is 17.2 Å². The van der Waals surface area contributed by atoms with E-state index in [0.717, 1.165) is 12.3 Å². The molecule has 0 amide bonds. The Kier molecular flexibility index (Phi) is 4.67. The van der Waals surface area contributed by atoms with Gasteiger partial charge in [-0.05, 0) is 13.0 Å². The highest BCUT2D eigenvalue weighted by molar-refractivity contribution is 7.89. The molecule has 0 aliphatic rings. The Balaban J connectivity index is 2.86. The summed E-state index contributed by atoms with van der Waals surface area (Å²) in [6, 6.07) is 1.01. The van der Waals surface area contributed by atoms with Crippen molar-refractivity contribution >= 4 is 22.0 Å². The summed E-state index contributed by atoms with van der Waals surface area (Å²) in [6.45, 7) is 1.24. The summed E-state index contributed by atoms with van der Waals surface area (Å²) in [5.74, 6) is -1.95. The van der Waals surface area contributed by atoms with Crippen molar-refractivity contribution in [2.24, 2.45) is 7.05 Å².